The van der Waals surface area contributed by atoms with Crippen molar-refractivity contribution in [3.05, 3.63) is 60.2 Å². The summed E-state index contributed by atoms with van der Waals surface area (Å²) in [4.78, 5) is 14.7. The maximum Gasteiger partial charge on any atom is 0.224 e. The van der Waals surface area contributed by atoms with Gasteiger partial charge < -0.3 is 13.9 Å². The number of furan rings is 1. The van der Waals surface area contributed by atoms with E-state index < -0.39 is 0 Å². The number of nitrogens with zero attached hydrogens (tertiary/aromatic N) is 2. The first-order valence-electron chi connectivity index (χ1n) is 8.79. The molecule has 1 saturated heterocycles. The van der Waals surface area contributed by atoms with E-state index in [-0.39, 0.29) is 11.3 Å². The Morgan fingerprint density at radius 1 is 1.27 bits per heavy atom. The summed E-state index contributed by atoms with van der Waals surface area (Å²) >= 11 is 3.69. The standard InChI is InChI=1S/C20H22N2O2S2/c1-21-13-17(16-6-2-3-7-18(16)21)20-22(19(23)8-11-26-20)9-12-25-14-15-5-4-10-24-15/h2-7,10,13,20H,8-9,11-12,14H2,1H3. The molecule has 26 heavy (non-hydrogen) atoms. The number of aryl methyl sites for hydroxylation is 1. The van der Waals surface area contributed by atoms with E-state index in [1.54, 1.807) is 6.26 Å². The van der Waals surface area contributed by atoms with Gasteiger partial charge in [-0.3, -0.25) is 4.79 Å². The summed E-state index contributed by atoms with van der Waals surface area (Å²) in [5, 5.41) is 1.35. The van der Waals surface area contributed by atoms with Gasteiger partial charge in [0.2, 0.25) is 5.91 Å². The predicted octanol–water partition coefficient (Wildman–Crippen LogP) is 4.67. The van der Waals surface area contributed by atoms with Crippen molar-refractivity contribution in [3.63, 3.8) is 0 Å². The van der Waals surface area contributed by atoms with Gasteiger partial charge >= 0.3 is 0 Å². The lowest BCUT2D eigenvalue weighted by molar-refractivity contribution is -0.131. The molecule has 1 amide bonds. The second-order valence-corrected chi connectivity index (χ2v) is 8.70. The minimum Gasteiger partial charge on any atom is -0.468 e. The van der Waals surface area contributed by atoms with Crippen LogP contribution in [0.3, 0.4) is 0 Å². The Labute approximate surface area is 161 Å². The van der Waals surface area contributed by atoms with Gasteiger partial charge in [0.1, 0.15) is 11.1 Å². The quantitative estimate of drug-likeness (QED) is 0.577. The molecule has 1 aromatic carbocycles. The fraction of sp³-hybridized carbons (Fsp3) is 0.350. The Balaban J connectivity index is 1.50. The lowest BCUT2D eigenvalue weighted by Crippen LogP contribution is -2.38. The van der Waals surface area contributed by atoms with Crippen molar-refractivity contribution in [2.24, 2.45) is 7.05 Å². The number of carbonyl (C=O) groups excluding carboxylic acids is 1. The van der Waals surface area contributed by atoms with Crippen LogP contribution in [0.4, 0.5) is 0 Å². The van der Waals surface area contributed by atoms with E-state index in [2.05, 4.69) is 47.0 Å². The third-order valence-corrected chi connectivity index (χ3v) is 6.91. The van der Waals surface area contributed by atoms with Gasteiger partial charge in [-0.05, 0) is 18.2 Å². The van der Waals surface area contributed by atoms with Crippen LogP contribution in [0.1, 0.15) is 23.1 Å². The Bertz CT molecular complexity index is 888. The van der Waals surface area contributed by atoms with Gasteiger partial charge in [-0.1, -0.05) is 18.2 Å². The number of amides is 1. The minimum atomic E-state index is 0.103. The van der Waals surface area contributed by atoms with Crippen LogP contribution in [-0.2, 0) is 17.6 Å². The van der Waals surface area contributed by atoms with Gasteiger partial charge in [0.25, 0.3) is 0 Å². The largest absolute Gasteiger partial charge is 0.468 e. The predicted molar refractivity (Wildman–Crippen MR) is 109 cm³/mol. The molecular formula is C20H22N2O2S2. The molecule has 1 atom stereocenters. The van der Waals surface area contributed by atoms with Crippen LogP contribution in [0.2, 0.25) is 0 Å². The molecule has 0 bridgehead atoms. The molecule has 136 valence electrons. The second-order valence-electron chi connectivity index (χ2n) is 6.40. The van der Waals surface area contributed by atoms with Crippen molar-refractivity contribution in [3.8, 4) is 0 Å². The number of hydrogen-bond donors (Lipinski definition) is 0. The maximum atomic E-state index is 12.6. The van der Waals surface area contributed by atoms with E-state index in [1.807, 2.05) is 35.7 Å². The molecule has 0 aliphatic carbocycles. The fourth-order valence-corrected chi connectivity index (χ4v) is 5.54. The zero-order valence-electron chi connectivity index (χ0n) is 14.8. The Kier molecular flexibility index (Phi) is 5.31. The van der Waals surface area contributed by atoms with Gasteiger partial charge in [-0.25, -0.2) is 0 Å². The average Bonchev–Trinajstić information content (AvgIpc) is 3.28. The molecule has 1 aliphatic heterocycles. The number of aromatic nitrogens is 1. The summed E-state index contributed by atoms with van der Waals surface area (Å²) < 4.78 is 7.54. The molecule has 2 aromatic heterocycles. The number of hydrogen-bond acceptors (Lipinski definition) is 4. The summed E-state index contributed by atoms with van der Waals surface area (Å²) in [7, 11) is 2.07. The van der Waals surface area contributed by atoms with E-state index in [0.717, 1.165) is 29.6 Å². The molecule has 0 radical (unpaired) electrons. The smallest absolute Gasteiger partial charge is 0.224 e. The number of para-hydroxylation sites is 1. The molecule has 0 saturated carbocycles. The third kappa shape index (κ3) is 3.53. The van der Waals surface area contributed by atoms with Crippen LogP contribution >= 0.6 is 23.5 Å². The van der Waals surface area contributed by atoms with Crippen molar-refractivity contribution < 1.29 is 9.21 Å². The van der Waals surface area contributed by atoms with Crippen LogP contribution in [0.15, 0.2) is 53.3 Å². The minimum absolute atomic E-state index is 0.103. The number of carbonyl (C=O) groups is 1. The molecule has 3 aromatic rings. The molecular weight excluding hydrogens is 364 g/mol. The zero-order valence-corrected chi connectivity index (χ0v) is 16.4. The van der Waals surface area contributed by atoms with E-state index >= 15 is 0 Å². The van der Waals surface area contributed by atoms with Gasteiger partial charge in [-0.15, -0.1) is 11.8 Å². The van der Waals surface area contributed by atoms with Crippen molar-refractivity contribution in [2.45, 2.75) is 17.5 Å². The van der Waals surface area contributed by atoms with Crippen molar-refractivity contribution in [1.29, 1.82) is 0 Å². The molecule has 1 fully saturated rings. The number of benzene rings is 1. The van der Waals surface area contributed by atoms with Crippen molar-refractivity contribution >= 4 is 40.3 Å². The number of thioether (sulfide) groups is 2. The highest BCUT2D eigenvalue weighted by atomic mass is 32.2. The lowest BCUT2D eigenvalue weighted by atomic mass is 10.1. The van der Waals surface area contributed by atoms with E-state index in [0.29, 0.717) is 6.42 Å². The summed E-state index contributed by atoms with van der Waals surface area (Å²) in [5.74, 6) is 3.90. The molecule has 1 unspecified atom stereocenters. The van der Waals surface area contributed by atoms with E-state index in [4.69, 9.17) is 4.42 Å². The molecule has 0 N–H and O–H groups in total. The summed E-state index contributed by atoms with van der Waals surface area (Å²) in [5.41, 5.74) is 2.46. The summed E-state index contributed by atoms with van der Waals surface area (Å²) in [6.07, 6.45) is 4.52. The highest BCUT2D eigenvalue weighted by Gasteiger charge is 2.31. The van der Waals surface area contributed by atoms with Crippen LogP contribution in [-0.4, -0.2) is 33.4 Å². The summed E-state index contributed by atoms with van der Waals surface area (Å²) in [6.45, 7) is 0.769. The maximum absolute atomic E-state index is 12.6. The van der Waals surface area contributed by atoms with Crippen LogP contribution in [0.5, 0.6) is 0 Å². The molecule has 3 heterocycles. The number of rotatable bonds is 6. The second kappa shape index (κ2) is 7.84. The van der Waals surface area contributed by atoms with Crippen molar-refractivity contribution in [1.82, 2.24) is 9.47 Å². The van der Waals surface area contributed by atoms with Crippen LogP contribution in [0.25, 0.3) is 10.9 Å². The van der Waals surface area contributed by atoms with Crippen molar-refractivity contribution in [2.75, 3.05) is 18.1 Å². The van der Waals surface area contributed by atoms with Gasteiger partial charge in [0.15, 0.2) is 0 Å². The Hall–Kier alpha value is -1.79. The number of fused-ring (bicyclic) bond motifs is 1. The lowest BCUT2D eigenvalue weighted by Gasteiger charge is -2.35. The third-order valence-electron chi connectivity index (χ3n) is 4.69. The average molecular weight is 387 g/mol. The Morgan fingerprint density at radius 2 is 2.15 bits per heavy atom. The van der Waals surface area contributed by atoms with Gasteiger partial charge in [-0.2, -0.15) is 11.8 Å². The van der Waals surface area contributed by atoms with E-state index in [1.165, 1.54) is 16.5 Å². The first-order valence-corrected chi connectivity index (χ1v) is 11.0. The monoisotopic (exact) mass is 386 g/mol. The molecule has 4 nitrogen and oxygen atoms in total. The van der Waals surface area contributed by atoms with Gasteiger partial charge in [0, 0.05) is 54.2 Å². The molecule has 0 spiro atoms. The van der Waals surface area contributed by atoms with Crippen LogP contribution in [0, 0.1) is 0 Å². The SMILES string of the molecule is Cn1cc(C2SCCC(=O)N2CCSCc2ccco2)c2ccccc21. The highest BCUT2D eigenvalue weighted by molar-refractivity contribution is 7.99. The van der Waals surface area contributed by atoms with Crippen LogP contribution < -0.4 is 0 Å². The fourth-order valence-electron chi connectivity index (χ4n) is 3.42. The highest BCUT2D eigenvalue weighted by Crippen LogP contribution is 2.41. The molecule has 6 heteroatoms. The summed E-state index contributed by atoms with van der Waals surface area (Å²) in [6, 6.07) is 12.3. The zero-order chi connectivity index (χ0) is 17.9. The normalized spacial score (nSPS) is 18.0. The molecule has 1 aliphatic rings. The topological polar surface area (TPSA) is 38.4 Å². The van der Waals surface area contributed by atoms with E-state index in [9.17, 15) is 4.79 Å². The Morgan fingerprint density at radius 3 is 3.00 bits per heavy atom. The van der Waals surface area contributed by atoms with Gasteiger partial charge in [0.05, 0.1) is 12.0 Å². The first-order chi connectivity index (χ1) is 12.7. The molecule has 4 rings (SSSR count). The first kappa shape index (κ1) is 17.6.